The van der Waals surface area contributed by atoms with Crippen LogP contribution < -0.4 is 10.1 Å². The second kappa shape index (κ2) is 6.52. The molecule has 5 heteroatoms. The monoisotopic (exact) mass is 289 g/mol. The largest absolute Gasteiger partial charge is 0.492 e. The third kappa shape index (κ3) is 4.70. The zero-order valence-corrected chi connectivity index (χ0v) is 12.6. The minimum absolute atomic E-state index is 0.0875. The van der Waals surface area contributed by atoms with Gasteiger partial charge < -0.3 is 10.1 Å². The molecule has 4 nitrogen and oxygen atoms in total. The Kier molecular flexibility index (Phi) is 4.73. The van der Waals surface area contributed by atoms with Crippen LogP contribution in [0.1, 0.15) is 26.6 Å². The van der Waals surface area contributed by atoms with Gasteiger partial charge in [0.25, 0.3) is 0 Å². The van der Waals surface area contributed by atoms with Crippen LogP contribution in [0.5, 0.6) is 5.75 Å². The Labute approximate surface area is 124 Å². The van der Waals surface area contributed by atoms with Crippen molar-refractivity contribution in [2.24, 2.45) is 0 Å². The number of aromatic nitrogens is 2. The zero-order chi connectivity index (χ0) is 15.3. The van der Waals surface area contributed by atoms with Crippen molar-refractivity contribution in [3.63, 3.8) is 0 Å². The van der Waals surface area contributed by atoms with Gasteiger partial charge in [0.1, 0.15) is 29.8 Å². The predicted molar refractivity (Wildman–Crippen MR) is 81.1 cm³/mol. The summed E-state index contributed by atoms with van der Waals surface area (Å²) in [7, 11) is 0. The molecule has 0 unspecified atom stereocenters. The van der Waals surface area contributed by atoms with Crippen molar-refractivity contribution in [3.05, 3.63) is 48.2 Å². The standard InChI is InChI=1S/C16H20FN3O/c1-16(2,3)15-19-8-7-14(20-15)18-9-10-21-13-6-4-5-12(17)11-13/h4-8,11H,9-10H2,1-3H3,(H,18,19,20). The number of benzene rings is 1. The Balaban J connectivity index is 1.84. The van der Waals surface area contributed by atoms with Crippen LogP contribution in [0.4, 0.5) is 10.2 Å². The van der Waals surface area contributed by atoms with E-state index in [-0.39, 0.29) is 11.2 Å². The molecular formula is C16H20FN3O. The van der Waals surface area contributed by atoms with Crippen LogP contribution in [0, 0.1) is 5.82 Å². The average molecular weight is 289 g/mol. The minimum Gasteiger partial charge on any atom is -0.492 e. The average Bonchev–Trinajstić information content (AvgIpc) is 2.43. The number of ether oxygens (including phenoxy) is 1. The van der Waals surface area contributed by atoms with Crippen LogP contribution in [0.15, 0.2) is 36.5 Å². The molecule has 0 bridgehead atoms. The zero-order valence-electron chi connectivity index (χ0n) is 12.6. The Hall–Kier alpha value is -2.17. The molecule has 0 atom stereocenters. The van der Waals surface area contributed by atoms with Gasteiger partial charge in [-0.3, -0.25) is 0 Å². The van der Waals surface area contributed by atoms with Gasteiger partial charge >= 0.3 is 0 Å². The highest BCUT2D eigenvalue weighted by atomic mass is 19.1. The summed E-state index contributed by atoms with van der Waals surface area (Å²) in [6.07, 6.45) is 1.74. The lowest BCUT2D eigenvalue weighted by molar-refractivity contribution is 0.331. The summed E-state index contributed by atoms with van der Waals surface area (Å²) < 4.78 is 18.4. The molecule has 0 aliphatic heterocycles. The summed E-state index contributed by atoms with van der Waals surface area (Å²) >= 11 is 0. The first kappa shape index (κ1) is 15.2. The Morgan fingerprint density at radius 2 is 2.05 bits per heavy atom. The van der Waals surface area contributed by atoms with Gasteiger partial charge in [0.2, 0.25) is 0 Å². The maximum absolute atomic E-state index is 13.0. The van der Waals surface area contributed by atoms with E-state index in [1.54, 1.807) is 18.3 Å². The van der Waals surface area contributed by atoms with Gasteiger partial charge in [0.05, 0.1) is 6.54 Å². The van der Waals surface area contributed by atoms with Crippen molar-refractivity contribution in [1.29, 1.82) is 0 Å². The number of hydrogen-bond donors (Lipinski definition) is 1. The Bertz CT molecular complexity index is 596. The molecule has 21 heavy (non-hydrogen) atoms. The molecular weight excluding hydrogens is 269 g/mol. The normalized spacial score (nSPS) is 11.2. The number of nitrogens with one attached hydrogen (secondary N) is 1. The number of halogens is 1. The number of nitrogens with zero attached hydrogens (tertiary/aromatic N) is 2. The lowest BCUT2D eigenvalue weighted by Gasteiger charge is -2.17. The van der Waals surface area contributed by atoms with E-state index >= 15 is 0 Å². The van der Waals surface area contributed by atoms with E-state index in [0.29, 0.717) is 18.9 Å². The smallest absolute Gasteiger partial charge is 0.135 e. The molecule has 2 rings (SSSR count). The summed E-state index contributed by atoms with van der Waals surface area (Å²) in [5.41, 5.74) is -0.0875. The van der Waals surface area contributed by atoms with E-state index in [1.807, 2.05) is 6.07 Å². The van der Waals surface area contributed by atoms with Crippen LogP contribution >= 0.6 is 0 Å². The molecule has 2 aromatic rings. The molecule has 0 spiro atoms. The first-order chi connectivity index (χ1) is 9.95. The molecule has 112 valence electrons. The highest BCUT2D eigenvalue weighted by Gasteiger charge is 2.17. The van der Waals surface area contributed by atoms with E-state index in [0.717, 1.165) is 11.6 Å². The molecule has 0 aliphatic carbocycles. The van der Waals surface area contributed by atoms with Gasteiger partial charge in [-0.1, -0.05) is 26.8 Å². The maximum atomic E-state index is 13.0. The number of rotatable bonds is 5. The summed E-state index contributed by atoms with van der Waals surface area (Å²) in [6.45, 7) is 7.22. The highest BCUT2D eigenvalue weighted by molar-refractivity contribution is 5.33. The summed E-state index contributed by atoms with van der Waals surface area (Å²) in [5, 5.41) is 3.17. The second-order valence-electron chi connectivity index (χ2n) is 5.75. The molecule has 0 fully saturated rings. The SMILES string of the molecule is CC(C)(C)c1nccc(NCCOc2cccc(F)c2)n1. The highest BCUT2D eigenvalue weighted by Crippen LogP contribution is 2.18. The first-order valence-corrected chi connectivity index (χ1v) is 6.91. The van der Waals surface area contributed by atoms with E-state index < -0.39 is 0 Å². The number of anilines is 1. The van der Waals surface area contributed by atoms with Gasteiger partial charge in [0.15, 0.2) is 0 Å². The number of hydrogen-bond acceptors (Lipinski definition) is 4. The minimum atomic E-state index is -0.300. The molecule has 0 amide bonds. The predicted octanol–water partition coefficient (Wildman–Crippen LogP) is 3.40. The van der Waals surface area contributed by atoms with Crippen LogP contribution in [-0.2, 0) is 5.41 Å². The van der Waals surface area contributed by atoms with E-state index in [4.69, 9.17) is 4.74 Å². The van der Waals surface area contributed by atoms with Gasteiger partial charge in [-0.15, -0.1) is 0 Å². The van der Waals surface area contributed by atoms with Gasteiger partial charge in [-0.25, -0.2) is 14.4 Å². The van der Waals surface area contributed by atoms with Gasteiger partial charge in [-0.05, 0) is 18.2 Å². The third-order valence-electron chi connectivity index (χ3n) is 2.80. The van der Waals surface area contributed by atoms with Crippen molar-refractivity contribution in [1.82, 2.24) is 9.97 Å². The molecule has 1 aromatic carbocycles. The molecule has 0 saturated heterocycles. The quantitative estimate of drug-likeness (QED) is 0.857. The summed E-state index contributed by atoms with van der Waals surface area (Å²) in [4.78, 5) is 8.74. The van der Waals surface area contributed by atoms with Crippen LogP contribution in [0.3, 0.4) is 0 Å². The Morgan fingerprint density at radius 3 is 2.76 bits per heavy atom. The van der Waals surface area contributed by atoms with Crippen molar-refractivity contribution in [2.75, 3.05) is 18.5 Å². The van der Waals surface area contributed by atoms with E-state index in [2.05, 4.69) is 36.1 Å². The first-order valence-electron chi connectivity index (χ1n) is 6.91. The van der Waals surface area contributed by atoms with Gasteiger partial charge in [-0.2, -0.15) is 0 Å². The van der Waals surface area contributed by atoms with Gasteiger partial charge in [0, 0.05) is 17.7 Å². The summed E-state index contributed by atoms with van der Waals surface area (Å²) in [5.74, 6) is 1.78. The van der Waals surface area contributed by atoms with Crippen molar-refractivity contribution < 1.29 is 9.13 Å². The lowest BCUT2D eigenvalue weighted by atomic mass is 9.96. The van der Waals surface area contributed by atoms with E-state index in [9.17, 15) is 4.39 Å². The molecule has 0 radical (unpaired) electrons. The molecule has 1 heterocycles. The summed E-state index contributed by atoms with van der Waals surface area (Å²) in [6, 6.07) is 7.92. The van der Waals surface area contributed by atoms with Crippen LogP contribution in [0.2, 0.25) is 0 Å². The third-order valence-corrected chi connectivity index (χ3v) is 2.80. The molecule has 1 aromatic heterocycles. The van der Waals surface area contributed by atoms with Crippen molar-refractivity contribution >= 4 is 5.82 Å². The molecule has 0 saturated carbocycles. The molecule has 0 aliphatic rings. The van der Waals surface area contributed by atoms with Crippen LogP contribution in [0.25, 0.3) is 0 Å². The maximum Gasteiger partial charge on any atom is 0.135 e. The van der Waals surface area contributed by atoms with E-state index in [1.165, 1.54) is 12.1 Å². The fourth-order valence-corrected chi connectivity index (χ4v) is 1.72. The fraction of sp³-hybridized carbons (Fsp3) is 0.375. The Morgan fingerprint density at radius 1 is 1.24 bits per heavy atom. The van der Waals surface area contributed by atoms with Crippen molar-refractivity contribution in [2.45, 2.75) is 26.2 Å². The second-order valence-corrected chi connectivity index (χ2v) is 5.75. The lowest BCUT2D eigenvalue weighted by Crippen LogP contribution is -2.18. The fourth-order valence-electron chi connectivity index (χ4n) is 1.72. The topological polar surface area (TPSA) is 47.0 Å². The van der Waals surface area contributed by atoms with Crippen molar-refractivity contribution in [3.8, 4) is 5.75 Å². The van der Waals surface area contributed by atoms with Crippen LogP contribution in [-0.4, -0.2) is 23.1 Å². The molecule has 1 N–H and O–H groups in total.